The van der Waals surface area contributed by atoms with Crippen LogP contribution in [0.4, 0.5) is 0 Å². The normalized spacial score (nSPS) is 10.9. The van der Waals surface area contributed by atoms with Crippen LogP contribution < -0.4 is 5.32 Å². The van der Waals surface area contributed by atoms with Crippen molar-refractivity contribution in [2.75, 3.05) is 0 Å². The number of amides is 1. The molecule has 5 aromatic rings. The summed E-state index contributed by atoms with van der Waals surface area (Å²) in [6.45, 7) is 1.05. The Morgan fingerprint density at radius 2 is 1.49 bits per heavy atom. The molecule has 0 aliphatic heterocycles. The number of hydrogen-bond acceptors (Lipinski definition) is 5. The molecule has 0 aliphatic rings. The van der Waals surface area contributed by atoms with Crippen molar-refractivity contribution in [1.82, 2.24) is 25.3 Å². The Morgan fingerprint density at radius 3 is 2.20 bits per heavy atom. The van der Waals surface area contributed by atoms with Crippen molar-refractivity contribution in [2.24, 2.45) is 0 Å². The maximum absolute atomic E-state index is 12.6. The van der Waals surface area contributed by atoms with Crippen molar-refractivity contribution in [1.29, 1.82) is 0 Å². The summed E-state index contributed by atoms with van der Waals surface area (Å²) in [5.41, 5.74) is 4.87. The summed E-state index contributed by atoms with van der Waals surface area (Å²) in [5, 5.41) is 16.0. The van der Waals surface area contributed by atoms with Crippen LogP contribution >= 0.6 is 0 Å². The minimum atomic E-state index is -0.0840. The molecule has 2 heterocycles. The van der Waals surface area contributed by atoms with Crippen LogP contribution in [-0.2, 0) is 24.3 Å². The fourth-order valence-electron chi connectivity index (χ4n) is 3.84. The van der Waals surface area contributed by atoms with Crippen molar-refractivity contribution in [3.63, 3.8) is 0 Å². The van der Waals surface area contributed by atoms with Crippen LogP contribution in [0, 0.1) is 0 Å². The van der Waals surface area contributed by atoms with Gasteiger partial charge in [-0.1, -0.05) is 78.9 Å². The van der Waals surface area contributed by atoms with E-state index in [4.69, 9.17) is 9.52 Å². The first-order valence-corrected chi connectivity index (χ1v) is 11.5. The molecule has 0 unspecified atom stereocenters. The smallest absolute Gasteiger partial charge is 0.247 e. The number of carbonyl (C=O) groups is 1. The maximum atomic E-state index is 12.6. The van der Waals surface area contributed by atoms with Gasteiger partial charge in [0.15, 0.2) is 0 Å². The number of aryl methyl sites for hydroxylation is 1. The molecule has 7 nitrogen and oxygen atoms in total. The Hall–Kier alpha value is -4.52. The highest BCUT2D eigenvalue weighted by molar-refractivity contribution is 5.76. The van der Waals surface area contributed by atoms with E-state index in [0.29, 0.717) is 31.3 Å². The summed E-state index contributed by atoms with van der Waals surface area (Å²) in [6, 6.07) is 29.8. The second-order valence-electron chi connectivity index (χ2n) is 8.20. The highest BCUT2D eigenvalue weighted by Gasteiger charge is 2.14. The van der Waals surface area contributed by atoms with Crippen molar-refractivity contribution < 1.29 is 9.21 Å². The third-order valence-electron chi connectivity index (χ3n) is 5.60. The van der Waals surface area contributed by atoms with Crippen LogP contribution in [0.2, 0.25) is 0 Å². The summed E-state index contributed by atoms with van der Waals surface area (Å²) < 4.78 is 7.62. The summed E-state index contributed by atoms with van der Waals surface area (Å²) in [6.07, 6.45) is 2.64. The largest absolute Gasteiger partial charge is 0.421 e. The highest BCUT2D eigenvalue weighted by Crippen LogP contribution is 2.22. The van der Waals surface area contributed by atoms with Gasteiger partial charge in [-0.2, -0.15) is 5.10 Å². The predicted octanol–water partition coefficient (Wildman–Crippen LogP) is 4.90. The first-order valence-electron chi connectivity index (χ1n) is 11.5. The minimum absolute atomic E-state index is 0.0840. The Labute approximate surface area is 203 Å². The van der Waals surface area contributed by atoms with Crippen molar-refractivity contribution >= 4 is 5.91 Å². The molecule has 1 amide bonds. The van der Waals surface area contributed by atoms with E-state index in [9.17, 15) is 4.79 Å². The Morgan fingerprint density at radius 1 is 0.829 bits per heavy atom. The molecule has 0 spiro atoms. The number of carbonyl (C=O) groups excluding carboxylic acids is 1. The van der Waals surface area contributed by atoms with Crippen molar-refractivity contribution in [3.05, 3.63) is 114 Å². The summed E-state index contributed by atoms with van der Waals surface area (Å²) >= 11 is 0. The molecule has 5 rings (SSSR count). The Kier molecular flexibility index (Phi) is 6.75. The lowest BCUT2D eigenvalue weighted by Crippen LogP contribution is -2.23. The summed E-state index contributed by atoms with van der Waals surface area (Å²) in [7, 11) is 0. The Bertz CT molecular complexity index is 1380. The molecule has 0 atom stereocenters. The van der Waals surface area contributed by atoms with Crippen molar-refractivity contribution in [2.45, 2.75) is 25.9 Å². The van der Waals surface area contributed by atoms with E-state index in [1.165, 1.54) is 5.56 Å². The topological polar surface area (TPSA) is 85.8 Å². The molecule has 0 radical (unpaired) electrons. The average Bonchev–Trinajstić information content (AvgIpc) is 3.55. The molecule has 0 fully saturated rings. The molecule has 0 saturated carbocycles. The van der Waals surface area contributed by atoms with Crippen LogP contribution in [0.1, 0.15) is 23.4 Å². The van der Waals surface area contributed by atoms with Gasteiger partial charge >= 0.3 is 0 Å². The van der Waals surface area contributed by atoms with Crippen LogP contribution in [0.25, 0.3) is 22.7 Å². The number of benzene rings is 3. The predicted molar refractivity (Wildman–Crippen MR) is 133 cm³/mol. The number of aromatic nitrogens is 4. The summed E-state index contributed by atoms with van der Waals surface area (Å²) in [5.74, 6) is 0.818. The summed E-state index contributed by atoms with van der Waals surface area (Å²) in [4.78, 5) is 12.6. The first kappa shape index (κ1) is 22.3. The fraction of sp³-hybridized carbons (Fsp3) is 0.143. The number of hydrogen-bond donors (Lipinski definition) is 1. The Balaban J connectivity index is 1.23. The molecule has 2 aromatic heterocycles. The van der Waals surface area contributed by atoms with E-state index in [2.05, 4.69) is 27.6 Å². The highest BCUT2D eigenvalue weighted by atomic mass is 16.4. The van der Waals surface area contributed by atoms with Crippen LogP contribution in [0.5, 0.6) is 0 Å². The lowest BCUT2D eigenvalue weighted by Gasteiger charge is -2.05. The van der Waals surface area contributed by atoms with Gasteiger partial charge in [-0.15, -0.1) is 10.2 Å². The zero-order valence-corrected chi connectivity index (χ0v) is 19.2. The molecule has 3 aromatic carbocycles. The van der Waals surface area contributed by atoms with Gasteiger partial charge in [0.2, 0.25) is 17.7 Å². The quantitative estimate of drug-likeness (QED) is 0.336. The van der Waals surface area contributed by atoms with E-state index in [1.54, 1.807) is 0 Å². The molecular weight excluding hydrogens is 438 g/mol. The standard InChI is InChI=1S/C28H25N5O2/c34-25(16-17-26-30-31-28(35-26)23-14-8-3-9-15-23)29-18-24-20-33(19-21-10-4-1-5-11-21)32-27(24)22-12-6-2-7-13-22/h1-15,20H,16-19H2,(H,29,34). The maximum Gasteiger partial charge on any atom is 0.247 e. The third-order valence-corrected chi connectivity index (χ3v) is 5.60. The molecule has 35 heavy (non-hydrogen) atoms. The molecule has 0 saturated heterocycles. The molecule has 0 aliphatic carbocycles. The van der Waals surface area contributed by atoms with Crippen LogP contribution in [0.3, 0.4) is 0 Å². The minimum Gasteiger partial charge on any atom is -0.421 e. The van der Waals surface area contributed by atoms with Crippen LogP contribution in [0.15, 0.2) is 102 Å². The van der Waals surface area contributed by atoms with Crippen LogP contribution in [-0.4, -0.2) is 25.9 Å². The fourth-order valence-corrected chi connectivity index (χ4v) is 3.84. The lowest BCUT2D eigenvalue weighted by atomic mass is 10.1. The number of rotatable bonds is 9. The zero-order valence-electron chi connectivity index (χ0n) is 19.2. The van der Waals surface area contributed by atoms with E-state index in [1.807, 2.05) is 89.7 Å². The van der Waals surface area contributed by atoms with E-state index in [0.717, 1.165) is 22.4 Å². The van der Waals surface area contributed by atoms with Gasteiger partial charge in [0, 0.05) is 42.3 Å². The van der Waals surface area contributed by atoms with Gasteiger partial charge in [0.05, 0.1) is 12.2 Å². The van der Waals surface area contributed by atoms with Gasteiger partial charge in [-0.3, -0.25) is 9.48 Å². The third kappa shape index (κ3) is 5.70. The van der Waals surface area contributed by atoms with E-state index < -0.39 is 0 Å². The lowest BCUT2D eigenvalue weighted by molar-refractivity contribution is -0.121. The first-order chi connectivity index (χ1) is 17.2. The second kappa shape index (κ2) is 10.6. The number of nitrogens with one attached hydrogen (secondary N) is 1. The van der Waals surface area contributed by atoms with Gasteiger partial charge < -0.3 is 9.73 Å². The number of nitrogens with zero attached hydrogens (tertiary/aromatic N) is 4. The van der Waals surface area contributed by atoms with E-state index in [-0.39, 0.29) is 12.3 Å². The van der Waals surface area contributed by atoms with Gasteiger partial charge in [0.1, 0.15) is 0 Å². The monoisotopic (exact) mass is 463 g/mol. The molecule has 0 bridgehead atoms. The second-order valence-corrected chi connectivity index (χ2v) is 8.20. The zero-order chi connectivity index (χ0) is 23.9. The van der Waals surface area contributed by atoms with Crippen molar-refractivity contribution in [3.8, 4) is 22.7 Å². The average molecular weight is 464 g/mol. The van der Waals surface area contributed by atoms with Gasteiger partial charge in [0.25, 0.3) is 0 Å². The van der Waals surface area contributed by atoms with E-state index >= 15 is 0 Å². The molecule has 7 heteroatoms. The molecule has 1 N–H and O–H groups in total. The van der Waals surface area contributed by atoms with Gasteiger partial charge in [-0.05, 0) is 17.7 Å². The SMILES string of the molecule is O=C(CCc1nnc(-c2ccccc2)o1)NCc1cn(Cc2ccccc2)nc1-c1ccccc1. The van der Waals surface area contributed by atoms with Gasteiger partial charge in [-0.25, -0.2) is 0 Å². The molecule has 174 valence electrons. The molecular formula is C28H25N5O2.